The van der Waals surface area contributed by atoms with Crippen LogP contribution in [0.3, 0.4) is 0 Å². The van der Waals surface area contributed by atoms with Crippen molar-refractivity contribution in [3.05, 3.63) is 69.0 Å². The van der Waals surface area contributed by atoms with Gasteiger partial charge in [0, 0.05) is 30.6 Å². The fourth-order valence-electron chi connectivity index (χ4n) is 5.10. The molecule has 0 bridgehead atoms. The van der Waals surface area contributed by atoms with E-state index in [1.54, 1.807) is 4.90 Å². The first-order valence-electron chi connectivity index (χ1n) is 12.7. The lowest BCUT2D eigenvalue weighted by atomic mass is 9.85. The molecule has 2 aromatic rings. The minimum atomic E-state index is -5.38. The molecule has 0 unspecified atom stereocenters. The Hall–Kier alpha value is -3.35. The van der Waals surface area contributed by atoms with Crippen LogP contribution >= 0.6 is 11.6 Å². The van der Waals surface area contributed by atoms with E-state index in [4.69, 9.17) is 16.4 Å². The summed E-state index contributed by atoms with van der Waals surface area (Å²) >= 11 is 5.54. The number of hydrogen-bond acceptors (Lipinski definition) is 4. The summed E-state index contributed by atoms with van der Waals surface area (Å²) in [6, 6.07) is 3.87. The third-order valence-corrected chi connectivity index (χ3v) is 7.78. The normalized spacial score (nSPS) is 23.0. The molecule has 1 N–H and O–H groups in total. The lowest BCUT2D eigenvalue weighted by Gasteiger charge is -2.30. The molecular formula is C27H23ClF7N3O3. The van der Waals surface area contributed by atoms with Crippen molar-refractivity contribution in [2.45, 2.75) is 56.6 Å². The standard InChI is InChI=1S/C27H23ClF7N3O3/c1-13-6-15(4-5-18(13)24(40)36-17-9-22(39)38(12-17)11-14-2-3-14)21-10-25(41-37-21,27(33,34)35)19-7-16(26(30,31)32)8-20(28)23(19)29/h4-8,14,17H,2-3,9-12H2,1H3,(H,36,40)/t17-,25+/m0/s1. The molecular weight excluding hydrogens is 583 g/mol. The summed E-state index contributed by atoms with van der Waals surface area (Å²) < 4.78 is 97.7. The van der Waals surface area contributed by atoms with Gasteiger partial charge in [-0.15, -0.1) is 0 Å². The summed E-state index contributed by atoms with van der Waals surface area (Å²) in [4.78, 5) is 31.6. The van der Waals surface area contributed by atoms with Gasteiger partial charge in [0.15, 0.2) is 0 Å². The Kier molecular flexibility index (Phi) is 7.24. The number of hydrogen-bond donors (Lipinski definition) is 1. The van der Waals surface area contributed by atoms with E-state index in [2.05, 4.69) is 10.5 Å². The maximum absolute atomic E-state index is 14.8. The first-order valence-corrected chi connectivity index (χ1v) is 13.0. The average Bonchev–Trinajstić information content (AvgIpc) is 3.45. The maximum atomic E-state index is 14.8. The van der Waals surface area contributed by atoms with Gasteiger partial charge in [0.1, 0.15) is 5.82 Å². The number of benzene rings is 2. The zero-order valence-electron chi connectivity index (χ0n) is 21.4. The van der Waals surface area contributed by atoms with Gasteiger partial charge >= 0.3 is 12.4 Å². The van der Waals surface area contributed by atoms with Gasteiger partial charge in [0.2, 0.25) is 5.91 Å². The number of aryl methyl sites for hydroxylation is 1. The van der Waals surface area contributed by atoms with E-state index in [1.165, 1.54) is 25.1 Å². The van der Waals surface area contributed by atoms with Gasteiger partial charge in [-0.3, -0.25) is 9.59 Å². The molecule has 0 radical (unpaired) electrons. The fourth-order valence-corrected chi connectivity index (χ4v) is 5.32. The van der Waals surface area contributed by atoms with Gasteiger partial charge in [0.25, 0.3) is 11.5 Å². The van der Waals surface area contributed by atoms with Crippen LogP contribution in [-0.2, 0) is 21.4 Å². The van der Waals surface area contributed by atoms with Gasteiger partial charge < -0.3 is 15.1 Å². The third kappa shape index (κ3) is 5.60. The van der Waals surface area contributed by atoms with Crippen molar-refractivity contribution in [3.63, 3.8) is 0 Å². The topological polar surface area (TPSA) is 71.0 Å². The van der Waals surface area contributed by atoms with Crippen LogP contribution in [0.1, 0.15) is 58.3 Å². The third-order valence-electron chi connectivity index (χ3n) is 7.51. The summed E-state index contributed by atoms with van der Waals surface area (Å²) in [5.41, 5.74) is -6.25. The molecule has 2 aliphatic heterocycles. The van der Waals surface area contributed by atoms with Crippen molar-refractivity contribution in [2.75, 3.05) is 13.1 Å². The molecule has 2 amide bonds. The number of halogens is 8. The number of likely N-dealkylation sites (tertiary alicyclic amines) is 1. The highest BCUT2D eigenvalue weighted by atomic mass is 35.5. The molecule has 1 aliphatic carbocycles. The van der Waals surface area contributed by atoms with Crippen molar-refractivity contribution in [1.82, 2.24) is 10.2 Å². The molecule has 0 aromatic heterocycles. The van der Waals surface area contributed by atoms with Gasteiger partial charge in [-0.2, -0.15) is 26.3 Å². The van der Waals surface area contributed by atoms with E-state index in [9.17, 15) is 40.3 Å². The van der Waals surface area contributed by atoms with Crippen LogP contribution in [0.15, 0.2) is 35.5 Å². The Labute approximate surface area is 234 Å². The molecule has 41 heavy (non-hydrogen) atoms. The molecule has 0 spiro atoms. The highest BCUT2D eigenvalue weighted by Crippen LogP contribution is 2.51. The van der Waals surface area contributed by atoms with E-state index < -0.39 is 52.2 Å². The monoisotopic (exact) mass is 605 g/mol. The Morgan fingerprint density at radius 2 is 1.88 bits per heavy atom. The SMILES string of the molecule is Cc1cc(C2=NO[C@](c3cc(C(F)(F)F)cc(Cl)c3F)(C(F)(F)F)C2)ccc1C(=O)N[C@H]1CC(=O)N(CC2CC2)C1. The minimum Gasteiger partial charge on any atom is -0.374 e. The van der Waals surface area contributed by atoms with Crippen molar-refractivity contribution in [1.29, 1.82) is 0 Å². The van der Waals surface area contributed by atoms with Crippen LogP contribution in [0.5, 0.6) is 0 Å². The Morgan fingerprint density at radius 3 is 2.49 bits per heavy atom. The summed E-state index contributed by atoms with van der Waals surface area (Å²) in [5, 5.41) is 5.13. The largest absolute Gasteiger partial charge is 0.435 e. The number of nitrogens with one attached hydrogen (secondary N) is 1. The summed E-state index contributed by atoms with van der Waals surface area (Å²) in [6.07, 6.45) is -9.30. The number of alkyl halides is 6. The second-order valence-electron chi connectivity index (χ2n) is 10.6. The molecule has 1 saturated carbocycles. The molecule has 2 aromatic carbocycles. The average molecular weight is 606 g/mol. The first-order chi connectivity index (χ1) is 19.1. The van der Waals surface area contributed by atoms with Crippen LogP contribution in [0.25, 0.3) is 0 Å². The predicted octanol–water partition coefficient (Wildman–Crippen LogP) is 6.13. The van der Waals surface area contributed by atoms with Crippen molar-refractivity contribution in [3.8, 4) is 0 Å². The molecule has 1 saturated heterocycles. The number of nitrogens with zero attached hydrogens (tertiary/aromatic N) is 2. The van der Waals surface area contributed by atoms with E-state index in [0.717, 1.165) is 12.8 Å². The van der Waals surface area contributed by atoms with Gasteiger partial charge in [-0.05, 0) is 61.1 Å². The second-order valence-corrected chi connectivity index (χ2v) is 11.0. The number of amides is 2. The van der Waals surface area contributed by atoms with Crippen LogP contribution in [-0.4, -0.2) is 47.7 Å². The second kappa shape index (κ2) is 10.2. The molecule has 2 fully saturated rings. The van der Waals surface area contributed by atoms with E-state index in [-0.39, 0.29) is 47.3 Å². The first kappa shape index (κ1) is 29.2. The quantitative estimate of drug-likeness (QED) is 0.403. The maximum Gasteiger partial charge on any atom is 0.435 e. The molecule has 2 heterocycles. The molecule has 220 valence electrons. The summed E-state index contributed by atoms with van der Waals surface area (Å²) in [5.74, 6) is -1.73. The van der Waals surface area contributed by atoms with E-state index >= 15 is 0 Å². The van der Waals surface area contributed by atoms with Gasteiger partial charge in [0.05, 0.1) is 28.8 Å². The lowest BCUT2D eigenvalue weighted by Crippen LogP contribution is -2.43. The zero-order valence-corrected chi connectivity index (χ0v) is 22.2. The number of carbonyl (C=O) groups excluding carboxylic acids is 2. The van der Waals surface area contributed by atoms with E-state index in [1.807, 2.05) is 0 Å². The minimum absolute atomic E-state index is 0.0192. The summed E-state index contributed by atoms with van der Waals surface area (Å²) in [6.45, 7) is 2.60. The fraction of sp³-hybridized carbons (Fsp3) is 0.444. The van der Waals surface area contributed by atoms with Gasteiger partial charge in [-0.25, -0.2) is 4.39 Å². The molecule has 2 atom stereocenters. The van der Waals surface area contributed by atoms with Crippen LogP contribution in [0, 0.1) is 18.7 Å². The van der Waals surface area contributed by atoms with Crippen molar-refractivity contribution < 1.29 is 45.2 Å². The Bertz CT molecular complexity index is 1440. The Morgan fingerprint density at radius 1 is 1.17 bits per heavy atom. The lowest BCUT2D eigenvalue weighted by molar-refractivity contribution is -0.276. The highest BCUT2D eigenvalue weighted by molar-refractivity contribution is 6.30. The molecule has 5 rings (SSSR count). The zero-order chi connectivity index (χ0) is 29.9. The highest BCUT2D eigenvalue weighted by Gasteiger charge is 2.64. The smallest absolute Gasteiger partial charge is 0.374 e. The number of oxime groups is 1. The predicted molar refractivity (Wildman–Crippen MR) is 133 cm³/mol. The van der Waals surface area contributed by atoms with Crippen molar-refractivity contribution in [2.24, 2.45) is 11.1 Å². The molecule has 6 nitrogen and oxygen atoms in total. The van der Waals surface area contributed by atoms with Gasteiger partial charge in [-0.1, -0.05) is 22.8 Å². The van der Waals surface area contributed by atoms with E-state index in [0.29, 0.717) is 24.6 Å². The van der Waals surface area contributed by atoms with Crippen LogP contribution in [0.2, 0.25) is 5.02 Å². The van der Waals surface area contributed by atoms with Crippen LogP contribution in [0.4, 0.5) is 30.7 Å². The van der Waals surface area contributed by atoms with Crippen molar-refractivity contribution >= 4 is 29.1 Å². The molecule has 3 aliphatic rings. The Balaban J connectivity index is 1.36. The van der Waals surface area contributed by atoms with Crippen LogP contribution < -0.4 is 5.32 Å². The molecule has 14 heteroatoms. The number of rotatable bonds is 6. The number of carbonyl (C=O) groups is 2. The summed E-state index contributed by atoms with van der Waals surface area (Å²) in [7, 11) is 0.